The number of hydrogen-bond donors (Lipinski definition) is 3. The number of hydrogen-bond acceptors (Lipinski definition) is 4. The van der Waals surface area contributed by atoms with Gasteiger partial charge in [-0.3, -0.25) is 15.2 Å². The van der Waals surface area contributed by atoms with E-state index in [0.29, 0.717) is 13.2 Å². The molecule has 122 valence electrons. The summed E-state index contributed by atoms with van der Waals surface area (Å²) in [6.45, 7) is 0.914. The van der Waals surface area contributed by atoms with E-state index < -0.39 is 0 Å². The minimum atomic E-state index is -0.137. The molecule has 23 heavy (non-hydrogen) atoms. The molecule has 0 saturated carbocycles. The Morgan fingerprint density at radius 2 is 2.17 bits per heavy atom. The Kier molecular flexibility index (Phi) is 5.05. The molecule has 6 heteroatoms. The predicted octanol–water partition coefficient (Wildman–Crippen LogP) is 1.67. The third kappa shape index (κ3) is 3.97. The zero-order valence-electron chi connectivity index (χ0n) is 13.2. The Labute approximate surface area is 135 Å². The van der Waals surface area contributed by atoms with Gasteiger partial charge in [0.25, 0.3) is 0 Å². The molecule has 0 bridgehead atoms. The van der Waals surface area contributed by atoms with Crippen LogP contribution in [0, 0.1) is 0 Å². The van der Waals surface area contributed by atoms with Crippen LogP contribution >= 0.6 is 0 Å². The minimum absolute atomic E-state index is 0.0336. The normalized spacial score (nSPS) is 20.6. The van der Waals surface area contributed by atoms with Gasteiger partial charge < -0.3 is 10.1 Å². The van der Waals surface area contributed by atoms with Crippen molar-refractivity contribution in [3.63, 3.8) is 0 Å². The van der Waals surface area contributed by atoms with Gasteiger partial charge in [0.05, 0.1) is 30.6 Å². The fourth-order valence-corrected chi connectivity index (χ4v) is 2.93. The van der Waals surface area contributed by atoms with Crippen molar-refractivity contribution in [2.75, 3.05) is 7.11 Å². The molecule has 1 aromatic heterocycles. The first-order valence-corrected chi connectivity index (χ1v) is 7.87. The second kappa shape index (κ2) is 7.39. The van der Waals surface area contributed by atoms with Gasteiger partial charge in [0.1, 0.15) is 0 Å². The molecule has 3 rings (SSSR count). The first-order valence-electron chi connectivity index (χ1n) is 7.87. The highest BCUT2D eigenvalue weighted by Crippen LogP contribution is 2.26. The maximum Gasteiger partial charge on any atom is 0.237 e. The zero-order chi connectivity index (χ0) is 16.1. The maximum atomic E-state index is 12.3. The van der Waals surface area contributed by atoms with E-state index in [1.165, 1.54) is 5.56 Å². The smallest absolute Gasteiger partial charge is 0.237 e. The number of rotatable bonds is 6. The summed E-state index contributed by atoms with van der Waals surface area (Å²) in [5.41, 5.74) is 2.95. The summed E-state index contributed by atoms with van der Waals surface area (Å²) in [6.07, 6.45) is 1.83. The first kappa shape index (κ1) is 15.7. The molecule has 0 unspecified atom stereocenters. The third-order valence-corrected chi connectivity index (χ3v) is 4.09. The van der Waals surface area contributed by atoms with Gasteiger partial charge in [-0.25, -0.2) is 0 Å². The summed E-state index contributed by atoms with van der Waals surface area (Å²) in [6, 6.07) is 12.3. The SMILES string of the molecule is COCc1cc(CNC(=O)[C@H]2CC[C@H](c3ccccc3)N2)[nH]n1. The van der Waals surface area contributed by atoms with Gasteiger partial charge >= 0.3 is 0 Å². The van der Waals surface area contributed by atoms with Gasteiger partial charge in [-0.15, -0.1) is 0 Å². The van der Waals surface area contributed by atoms with Gasteiger partial charge in [0.2, 0.25) is 5.91 Å². The standard InChI is InChI=1S/C17H22N4O2/c1-23-11-14-9-13(20-21-14)10-18-17(22)16-8-7-15(19-16)12-5-3-2-4-6-12/h2-6,9,15-16,19H,7-8,10-11H2,1H3,(H,18,22)(H,20,21)/t15-,16-/m1/s1. The van der Waals surface area contributed by atoms with Gasteiger partial charge in [0, 0.05) is 13.2 Å². The highest BCUT2D eigenvalue weighted by Gasteiger charge is 2.29. The second-order valence-corrected chi connectivity index (χ2v) is 5.80. The Balaban J connectivity index is 1.49. The fourth-order valence-electron chi connectivity index (χ4n) is 2.93. The number of nitrogens with one attached hydrogen (secondary N) is 3. The highest BCUT2D eigenvalue weighted by atomic mass is 16.5. The van der Waals surface area contributed by atoms with Crippen LogP contribution in [0.5, 0.6) is 0 Å². The lowest BCUT2D eigenvalue weighted by molar-refractivity contribution is -0.123. The van der Waals surface area contributed by atoms with Gasteiger partial charge in [-0.1, -0.05) is 30.3 Å². The van der Waals surface area contributed by atoms with Crippen molar-refractivity contribution >= 4 is 5.91 Å². The molecule has 2 heterocycles. The van der Waals surface area contributed by atoms with Crippen LogP contribution in [-0.2, 0) is 22.7 Å². The van der Waals surface area contributed by atoms with Gasteiger partial charge in [-0.05, 0) is 24.5 Å². The van der Waals surface area contributed by atoms with Crippen molar-refractivity contribution in [1.82, 2.24) is 20.8 Å². The van der Waals surface area contributed by atoms with Crippen LogP contribution in [0.25, 0.3) is 0 Å². The van der Waals surface area contributed by atoms with Crippen molar-refractivity contribution in [2.45, 2.75) is 38.1 Å². The molecule has 6 nitrogen and oxygen atoms in total. The summed E-state index contributed by atoms with van der Waals surface area (Å²) < 4.78 is 5.02. The van der Waals surface area contributed by atoms with Crippen LogP contribution in [0.1, 0.15) is 35.8 Å². The summed E-state index contributed by atoms with van der Waals surface area (Å²) in [7, 11) is 1.63. The second-order valence-electron chi connectivity index (χ2n) is 5.80. The molecule has 3 N–H and O–H groups in total. The van der Waals surface area contributed by atoms with Crippen molar-refractivity contribution in [3.8, 4) is 0 Å². The molecule has 1 fully saturated rings. The molecular formula is C17H22N4O2. The number of carbonyl (C=O) groups is 1. The monoisotopic (exact) mass is 314 g/mol. The number of amides is 1. The van der Waals surface area contributed by atoms with E-state index in [2.05, 4.69) is 33.0 Å². The van der Waals surface area contributed by atoms with Crippen molar-refractivity contribution in [2.24, 2.45) is 0 Å². The Morgan fingerprint density at radius 3 is 2.96 bits per heavy atom. The fraction of sp³-hybridized carbons (Fsp3) is 0.412. The molecule has 1 aliphatic rings. The van der Waals surface area contributed by atoms with Crippen LogP contribution in [0.2, 0.25) is 0 Å². The quantitative estimate of drug-likeness (QED) is 0.758. The van der Waals surface area contributed by atoms with E-state index >= 15 is 0 Å². The molecule has 2 atom stereocenters. The summed E-state index contributed by atoms with van der Waals surface area (Å²) in [5.74, 6) is 0.0336. The minimum Gasteiger partial charge on any atom is -0.378 e. The lowest BCUT2D eigenvalue weighted by Gasteiger charge is -2.14. The number of benzene rings is 1. The van der Waals surface area contributed by atoms with Crippen LogP contribution < -0.4 is 10.6 Å². The summed E-state index contributed by atoms with van der Waals surface area (Å²) in [4.78, 5) is 12.3. The predicted molar refractivity (Wildman–Crippen MR) is 86.5 cm³/mol. The van der Waals surface area contributed by atoms with E-state index in [-0.39, 0.29) is 18.0 Å². The Morgan fingerprint density at radius 1 is 1.35 bits per heavy atom. The number of carbonyl (C=O) groups excluding carboxylic acids is 1. The maximum absolute atomic E-state index is 12.3. The van der Waals surface area contributed by atoms with Crippen molar-refractivity contribution in [3.05, 3.63) is 53.3 Å². The highest BCUT2D eigenvalue weighted by molar-refractivity contribution is 5.82. The Hall–Kier alpha value is -2.18. The zero-order valence-corrected chi connectivity index (χ0v) is 13.2. The van der Waals surface area contributed by atoms with Crippen molar-refractivity contribution in [1.29, 1.82) is 0 Å². The van der Waals surface area contributed by atoms with Crippen molar-refractivity contribution < 1.29 is 9.53 Å². The van der Waals surface area contributed by atoms with Gasteiger partial charge in [0.15, 0.2) is 0 Å². The van der Waals surface area contributed by atoms with Gasteiger partial charge in [-0.2, -0.15) is 5.10 Å². The van der Waals surface area contributed by atoms with Crippen LogP contribution in [0.3, 0.4) is 0 Å². The lowest BCUT2D eigenvalue weighted by atomic mass is 10.1. The summed E-state index contributed by atoms with van der Waals surface area (Å²) in [5, 5.41) is 13.4. The van der Waals surface area contributed by atoms with E-state index in [0.717, 1.165) is 24.2 Å². The average Bonchev–Trinajstić information content (AvgIpc) is 3.23. The van der Waals surface area contributed by atoms with Crippen LogP contribution in [0.15, 0.2) is 36.4 Å². The van der Waals surface area contributed by atoms with E-state index in [1.54, 1.807) is 7.11 Å². The molecule has 1 aliphatic heterocycles. The molecule has 1 amide bonds. The largest absolute Gasteiger partial charge is 0.378 e. The average molecular weight is 314 g/mol. The third-order valence-electron chi connectivity index (χ3n) is 4.09. The molecular weight excluding hydrogens is 292 g/mol. The molecule has 2 aromatic rings. The number of ether oxygens (including phenoxy) is 1. The van der Waals surface area contributed by atoms with E-state index in [1.807, 2.05) is 24.3 Å². The number of nitrogens with zero attached hydrogens (tertiary/aromatic N) is 1. The number of aromatic nitrogens is 2. The Bertz CT molecular complexity index is 641. The molecule has 0 spiro atoms. The van der Waals surface area contributed by atoms with Crippen LogP contribution in [0.4, 0.5) is 0 Å². The topological polar surface area (TPSA) is 79.0 Å². The number of H-pyrrole nitrogens is 1. The summed E-state index contributed by atoms with van der Waals surface area (Å²) >= 11 is 0. The first-order chi connectivity index (χ1) is 11.3. The van der Waals surface area contributed by atoms with Crippen LogP contribution in [-0.4, -0.2) is 29.3 Å². The molecule has 1 saturated heterocycles. The molecule has 1 aromatic carbocycles. The van der Waals surface area contributed by atoms with E-state index in [9.17, 15) is 4.79 Å². The van der Waals surface area contributed by atoms with E-state index in [4.69, 9.17) is 4.74 Å². The lowest BCUT2D eigenvalue weighted by Crippen LogP contribution is -2.40. The number of aromatic amines is 1. The molecule has 0 radical (unpaired) electrons. The molecule has 0 aliphatic carbocycles. The number of methoxy groups -OCH3 is 1.